The number of aliphatic hydroxyl groups is 3. The Labute approximate surface area is 62.2 Å². The maximum atomic E-state index is 8.23. The Hall–Kier alpha value is 0.933. The molecule has 0 heterocycles. The standard InChI is InChI=1S/C3H9O3P.Rh/c4-1-7(2-5)3-6;/h4-6H,1-3H2;. The minimum atomic E-state index is -0.887. The molecule has 0 rings (SSSR count). The van der Waals surface area contributed by atoms with Crippen LogP contribution in [0.2, 0.25) is 0 Å². The van der Waals surface area contributed by atoms with Crippen LogP contribution in [0.25, 0.3) is 0 Å². The van der Waals surface area contributed by atoms with Crippen molar-refractivity contribution >= 4 is 7.92 Å². The van der Waals surface area contributed by atoms with E-state index in [2.05, 4.69) is 0 Å². The summed E-state index contributed by atoms with van der Waals surface area (Å²) in [7, 11) is -0.887. The monoisotopic (exact) mass is 227 g/mol. The van der Waals surface area contributed by atoms with Gasteiger partial charge in [-0.3, -0.25) is 0 Å². The second-order valence-electron chi connectivity index (χ2n) is 1.10. The molecule has 0 aromatic rings. The maximum absolute atomic E-state index is 8.23. The van der Waals surface area contributed by atoms with E-state index in [1.165, 1.54) is 0 Å². The summed E-state index contributed by atoms with van der Waals surface area (Å²) in [5.41, 5.74) is 0. The number of aliphatic hydroxyl groups excluding tert-OH is 3. The van der Waals surface area contributed by atoms with E-state index in [0.717, 1.165) is 0 Å². The molecule has 0 bridgehead atoms. The minimum Gasteiger partial charge on any atom is -0.392 e. The number of hydrogen-bond acceptors (Lipinski definition) is 3. The fourth-order valence-electron chi connectivity index (χ4n) is 0.134. The van der Waals surface area contributed by atoms with Gasteiger partial charge in [-0.2, -0.15) is 0 Å². The molecule has 0 aliphatic heterocycles. The smallest absolute Gasteiger partial charge is 0.0668 e. The molecule has 0 saturated carbocycles. The molecule has 0 spiro atoms. The predicted molar refractivity (Wildman–Crippen MR) is 28.2 cm³/mol. The molecular weight excluding hydrogens is 218 g/mol. The fourth-order valence-corrected chi connectivity index (χ4v) is 0.402. The molecule has 53 valence electrons. The van der Waals surface area contributed by atoms with Crippen LogP contribution in [-0.4, -0.2) is 34.4 Å². The summed E-state index contributed by atoms with van der Waals surface area (Å²) in [5.74, 6) is 0. The third-order valence-corrected chi connectivity index (χ3v) is 1.80. The van der Waals surface area contributed by atoms with Gasteiger partial charge in [0.1, 0.15) is 0 Å². The van der Waals surface area contributed by atoms with Crippen molar-refractivity contribution in [3.63, 3.8) is 0 Å². The Bertz CT molecular complexity index is 36.0. The van der Waals surface area contributed by atoms with Gasteiger partial charge < -0.3 is 15.3 Å². The van der Waals surface area contributed by atoms with Gasteiger partial charge in [0.05, 0.1) is 19.0 Å². The van der Waals surface area contributed by atoms with Gasteiger partial charge in [0.25, 0.3) is 0 Å². The third-order valence-electron chi connectivity index (χ3n) is 0.600. The molecule has 1 radical (unpaired) electrons. The topological polar surface area (TPSA) is 60.7 Å². The SMILES string of the molecule is OCP(CO)CO.[Rh]. The van der Waals surface area contributed by atoms with Crippen molar-refractivity contribution in [3.05, 3.63) is 0 Å². The molecule has 0 aliphatic rings. The molecule has 0 aromatic heterocycles. The van der Waals surface area contributed by atoms with Crippen molar-refractivity contribution in [1.29, 1.82) is 0 Å². The van der Waals surface area contributed by atoms with Crippen molar-refractivity contribution in [3.8, 4) is 0 Å². The average molecular weight is 227 g/mol. The summed E-state index contributed by atoms with van der Waals surface area (Å²) in [5, 5.41) is 24.7. The predicted octanol–water partition coefficient (Wildman–Crippen LogP) is -0.685. The van der Waals surface area contributed by atoms with Crippen LogP contribution in [0.3, 0.4) is 0 Å². The summed E-state index contributed by atoms with van der Waals surface area (Å²) in [6.45, 7) is 0. The average Bonchev–Trinajstić information content (AvgIpc) is 1.72. The molecule has 5 heteroatoms. The van der Waals surface area contributed by atoms with Gasteiger partial charge >= 0.3 is 0 Å². The van der Waals surface area contributed by atoms with Crippen LogP contribution in [0.4, 0.5) is 0 Å². The molecule has 3 nitrogen and oxygen atoms in total. The van der Waals surface area contributed by atoms with Crippen LogP contribution < -0.4 is 0 Å². The van der Waals surface area contributed by atoms with E-state index in [4.69, 9.17) is 15.3 Å². The first-order valence-electron chi connectivity index (χ1n) is 1.90. The van der Waals surface area contributed by atoms with Gasteiger partial charge in [0.15, 0.2) is 0 Å². The zero-order chi connectivity index (χ0) is 5.70. The summed E-state index contributed by atoms with van der Waals surface area (Å²) < 4.78 is 0. The van der Waals surface area contributed by atoms with Crippen molar-refractivity contribution in [2.75, 3.05) is 19.0 Å². The second kappa shape index (κ2) is 7.93. The van der Waals surface area contributed by atoms with Crippen molar-refractivity contribution < 1.29 is 34.8 Å². The molecule has 0 amide bonds. The van der Waals surface area contributed by atoms with Gasteiger partial charge in [0.2, 0.25) is 0 Å². The Morgan fingerprint density at radius 1 is 0.875 bits per heavy atom. The zero-order valence-corrected chi connectivity index (χ0v) is 6.78. The van der Waals surface area contributed by atoms with Crippen LogP contribution >= 0.6 is 7.92 Å². The van der Waals surface area contributed by atoms with Gasteiger partial charge in [-0.25, -0.2) is 0 Å². The minimum absolute atomic E-state index is 0. The Balaban J connectivity index is 0. The maximum Gasteiger partial charge on any atom is 0.0668 e. The molecule has 0 atom stereocenters. The number of rotatable bonds is 3. The summed E-state index contributed by atoms with van der Waals surface area (Å²) in [6.07, 6.45) is -0.243. The zero-order valence-electron chi connectivity index (χ0n) is 4.24. The van der Waals surface area contributed by atoms with Gasteiger partial charge in [-0.15, -0.1) is 0 Å². The summed E-state index contributed by atoms with van der Waals surface area (Å²) >= 11 is 0. The Morgan fingerprint density at radius 3 is 1.12 bits per heavy atom. The summed E-state index contributed by atoms with van der Waals surface area (Å²) in [6, 6.07) is 0. The van der Waals surface area contributed by atoms with E-state index in [1.807, 2.05) is 0 Å². The molecule has 3 N–H and O–H groups in total. The second-order valence-corrected chi connectivity index (χ2v) is 3.29. The number of hydrogen-bond donors (Lipinski definition) is 3. The van der Waals surface area contributed by atoms with Crippen molar-refractivity contribution in [2.45, 2.75) is 0 Å². The van der Waals surface area contributed by atoms with Gasteiger partial charge in [-0.1, -0.05) is 0 Å². The molecular formula is C3H9O3PRh. The van der Waals surface area contributed by atoms with E-state index in [9.17, 15) is 0 Å². The van der Waals surface area contributed by atoms with Gasteiger partial charge in [-0.05, 0) is 7.92 Å². The Morgan fingerprint density at radius 2 is 1.12 bits per heavy atom. The van der Waals surface area contributed by atoms with Crippen molar-refractivity contribution in [2.24, 2.45) is 0 Å². The first kappa shape index (κ1) is 11.7. The van der Waals surface area contributed by atoms with E-state index >= 15 is 0 Å². The van der Waals surface area contributed by atoms with E-state index < -0.39 is 7.92 Å². The van der Waals surface area contributed by atoms with Crippen LogP contribution in [0.5, 0.6) is 0 Å². The van der Waals surface area contributed by atoms with E-state index in [-0.39, 0.29) is 38.5 Å². The first-order valence-corrected chi connectivity index (χ1v) is 3.79. The van der Waals surface area contributed by atoms with E-state index in [1.54, 1.807) is 0 Å². The Kier molecular flexibility index (Phi) is 11.6. The van der Waals surface area contributed by atoms with Crippen LogP contribution in [-0.2, 0) is 19.5 Å². The van der Waals surface area contributed by atoms with Crippen molar-refractivity contribution in [1.82, 2.24) is 0 Å². The molecule has 0 aromatic carbocycles. The van der Waals surface area contributed by atoms with Crippen LogP contribution in [0.15, 0.2) is 0 Å². The molecule has 0 aliphatic carbocycles. The van der Waals surface area contributed by atoms with Crippen LogP contribution in [0.1, 0.15) is 0 Å². The molecule has 0 unspecified atom stereocenters. The normalized spacial score (nSPS) is 9.00. The van der Waals surface area contributed by atoms with Gasteiger partial charge in [0, 0.05) is 19.5 Å². The molecule has 0 saturated heterocycles. The first-order chi connectivity index (χ1) is 3.35. The largest absolute Gasteiger partial charge is 0.392 e. The van der Waals surface area contributed by atoms with Crippen LogP contribution in [0, 0.1) is 0 Å². The fraction of sp³-hybridized carbons (Fsp3) is 1.00. The van der Waals surface area contributed by atoms with E-state index in [0.29, 0.717) is 0 Å². The summed E-state index contributed by atoms with van der Waals surface area (Å²) in [4.78, 5) is 0. The molecule has 0 fully saturated rings. The third kappa shape index (κ3) is 5.08. The quantitative estimate of drug-likeness (QED) is 0.442. The molecule has 8 heavy (non-hydrogen) atoms.